The lowest BCUT2D eigenvalue weighted by molar-refractivity contribution is -0.126. The summed E-state index contributed by atoms with van der Waals surface area (Å²) in [5, 5.41) is 3.04. The second-order valence-corrected chi connectivity index (χ2v) is 6.39. The number of ether oxygens (including phenoxy) is 1. The predicted octanol–water partition coefficient (Wildman–Crippen LogP) is 2.12. The third kappa shape index (κ3) is 3.01. The molecule has 0 aliphatic carbocycles. The highest BCUT2D eigenvalue weighted by Crippen LogP contribution is 2.38. The summed E-state index contributed by atoms with van der Waals surface area (Å²) < 4.78 is 7.84. The van der Waals surface area contributed by atoms with Gasteiger partial charge in [0.1, 0.15) is 5.82 Å². The van der Waals surface area contributed by atoms with E-state index in [1.807, 2.05) is 24.4 Å². The van der Waals surface area contributed by atoms with Crippen molar-refractivity contribution in [3.8, 4) is 0 Å². The highest BCUT2D eigenvalue weighted by molar-refractivity contribution is 5.79. The second kappa shape index (κ2) is 6.16. The van der Waals surface area contributed by atoms with E-state index in [4.69, 9.17) is 4.74 Å². The van der Waals surface area contributed by atoms with Crippen LogP contribution in [0.1, 0.15) is 30.7 Å². The van der Waals surface area contributed by atoms with Gasteiger partial charge < -0.3 is 14.6 Å². The fraction of sp³-hybridized carbons (Fsp3) is 0.444. The minimum absolute atomic E-state index is 0.0197. The van der Waals surface area contributed by atoms with Crippen molar-refractivity contribution >= 4 is 5.91 Å². The van der Waals surface area contributed by atoms with E-state index in [1.165, 1.54) is 5.56 Å². The van der Waals surface area contributed by atoms with Crippen LogP contribution in [0.4, 0.5) is 0 Å². The lowest BCUT2D eigenvalue weighted by Gasteiger charge is -2.18. The molecule has 0 spiro atoms. The number of rotatable bonds is 5. The van der Waals surface area contributed by atoms with E-state index in [-0.39, 0.29) is 17.9 Å². The Balaban J connectivity index is 1.36. The molecule has 4 rings (SSSR count). The van der Waals surface area contributed by atoms with E-state index < -0.39 is 0 Å². The van der Waals surface area contributed by atoms with Crippen molar-refractivity contribution < 1.29 is 9.53 Å². The van der Waals surface area contributed by atoms with Crippen LogP contribution in [0.5, 0.6) is 0 Å². The minimum atomic E-state index is 0.0197. The first kappa shape index (κ1) is 14.5. The third-order valence-electron chi connectivity index (χ3n) is 4.86. The molecule has 5 heteroatoms. The van der Waals surface area contributed by atoms with Crippen molar-refractivity contribution in [2.45, 2.75) is 44.6 Å². The fourth-order valence-electron chi connectivity index (χ4n) is 3.64. The molecule has 1 amide bonds. The van der Waals surface area contributed by atoms with E-state index in [2.05, 4.69) is 27.0 Å². The third-order valence-corrected chi connectivity index (χ3v) is 4.86. The number of fused-ring (bicyclic) bond motifs is 2. The molecule has 0 radical (unpaired) electrons. The molecule has 2 saturated heterocycles. The van der Waals surface area contributed by atoms with Crippen LogP contribution < -0.4 is 5.32 Å². The molecule has 2 bridgehead atoms. The number of aromatic nitrogens is 2. The summed E-state index contributed by atoms with van der Waals surface area (Å²) in [7, 11) is 0. The molecule has 5 nitrogen and oxygen atoms in total. The number of hydrogen-bond acceptors (Lipinski definition) is 3. The average Bonchev–Trinajstić information content (AvgIpc) is 3.30. The Morgan fingerprint density at radius 1 is 1.30 bits per heavy atom. The molecule has 23 heavy (non-hydrogen) atoms. The van der Waals surface area contributed by atoms with Gasteiger partial charge in [-0.1, -0.05) is 30.3 Å². The van der Waals surface area contributed by atoms with E-state index in [9.17, 15) is 4.79 Å². The average molecular weight is 311 g/mol. The molecule has 120 valence electrons. The van der Waals surface area contributed by atoms with E-state index in [1.54, 1.807) is 6.20 Å². The maximum absolute atomic E-state index is 12.4. The van der Waals surface area contributed by atoms with Crippen LogP contribution in [-0.4, -0.2) is 27.7 Å². The van der Waals surface area contributed by atoms with Gasteiger partial charge in [0.15, 0.2) is 0 Å². The summed E-state index contributed by atoms with van der Waals surface area (Å²) in [4.78, 5) is 16.7. The summed E-state index contributed by atoms with van der Waals surface area (Å²) >= 11 is 0. The lowest BCUT2D eigenvalue weighted by Crippen LogP contribution is -2.36. The molecular formula is C18H21N3O2. The van der Waals surface area contributed by atoms with Crippen LogP contribution in [0.2, 0.25) is 0 Å². The zero-order valence-electron chi connectivity index (χ0n) is 13.0. The van der Waals surface area contributed by atoms with E-state index >= 15 is 0 Å². The molecule has 1 aromatic heterocycles. The first-order chi connectivity index (χ1) is 11.3. The number of benzene rings is 1. The van der Waals surface area contributed by atoms with Gasteiger partial charge in [-0.25, -0.2) is 4.98 Å². The zero-order chi connectivity index (χ0) is 15.6. The Morgan fingerprint density at radius 2 is 2.17 bits per heavy atom. The molecule has 1 N–H and O–H groups in total. The molecule has 3 unspecified atom stereocenters. The van der Waals surface area contributed by atoms with Gasteiger partial charge in [0.25, 0.3) is 0 Å². The Hall–Kier alpha value is -2.14. The maximum Gasteiger partial charge on any atom is 0.226 e. The van der Waals surface area contributed by atoms with E-state index in [0.29, 0.717) is 12.6 Å². The summed E-state index contributed by atoms with van der Waals surface area (Å²) in [6.07, 6.45) is 7.16. The molecule has 3 heterocycles. The second-order valence-electron chi connectivity index (χ2n) is 6.39. The van der Waals surface area contributed by atoms with Gasteiger partial charge in [0.2, 0.25) is 5.91 Å². The van der Waals surface area contributed by atoms with Crippen LogP contribution in [0.3, 0.4) is 0 Å². The van der Waals surface area contributed by atoms with Crippen LogP contribution in [0.25, 0.3) is 0 Å². The van der Waals surface area contributed by atoms with Gasteiger partial charge in [-0.05, 0) is 24.8 Å². The van der Waals surface area contributed by atoms with Gasteiger partial charge in [-0.15, -0.1) is 0 Å². The summed E-state index contributed by atoms with van der Waals surface area (Å²) in [5.74, 6) is 1.00. The Kier molecular flexibility index (Phi) is 3.87. The number of nitrogens with zero attached hydrogens (tertiary/aromatic N) is 2. The molecule has 0 saturated carbocycles. The maximum atomic E-state index is 12.4. The highest BCUT2D eigenvalue weighted by Gasteiger charge is 2.44. The fourth-order valence-corrected chi connectivity index (χ4v) is 3.64. The van der Waals surface area contributed by atoms with Crippen LogP contribution in [-0.2, 0) is 22.6 Å². The molecule has 2 fully saturated rings. The van der Waals surface area contributed by atoms with Crippen LogP contribution >= 0.6 is 0 Å². The standard InChI is InChI=1S/C18H21N3O2/c22-18(15-10-14-6-7-16(15)23-14)20-11-17-19-8-9-21(17)12-13-4-2-1-3-5-13/h1-5,8-9,14-16H,6-7,10-12H2,(H,20,22). The van der Waals surface area contributed by atoms with Crippen molar-refractivity contribution in [3.05, 3.63) is 54.1 Å². The molecule has 2 aromatic rings. The lowest BCUT2D eigenvalue weighted by atomic mass is 9.88. The molecule has 2 aliphatic heterocycles. The first-order valence-electron chi connectivity index (χ1n) is 8.27. The SMILES string of the molecule is O=C(NCc1nccn1Cc1ccccc1)C1CC2CCC1O2. The van der Waals surface area contributed by atoms with Crippen LogP contribution in [0, 0.1) is 5.92 Å². The van der Waals surface area contributed by atoms with Crippen molar-refractivity contribution in [1.82, 2.24) is 14.9 Å². The van der Waals surface area contributed by atoms with Gasteiger partial charge in [0.05, 0.1) is 24.7 Å². The highest BCUT2D eigenvalue weighted by atomic mass is 16.5. The van der Waals surface area contributed by atoms with E-state index in [0.717, 1.165) is 31.6 Å². The van der Waals surface area contributed by atoms with Crippen LogP contribution in [0.15, 0.2) is 42.7 Å². The number of nitrogens with one attached hydrogen (secondary N) is 1. The number of carbonyl (C=O) groups is 1. The number of hydrogen-bond donors (Lipinski definition) is 1. The van der Waals surface area contributed by atoms with Crippen molar-refractivity contribution in [3.63, 3.8) is 0 Å². The van der Waals surface area contributed by atoms with Gasteiger partial charge in [0, 0.05) is 18.9 Å². The van der Waals surface area contributed by atoms with Crippen molar-refractivity contribution in [1.29, 1.82) is 0 Å². The van der Waals surface area contributed by atoms with Gasteiger partial charge in [-0.3, -0.25) is 4.79 Å². The summed E-state index contributed by atoms with van der Waals surface area (Å²) in [6.45, 7) is 1.23. The molecule has 2 aliphatic rings. The summed E-state index contributed by atoms with van der Waals surface area (Å²) in [5.41, 5.74) is 1.22. The zero-order valence-corrected chi connectivity index (χ0v) is 13.0. The number of amides is 1. The van der Waals surface area contributed by atoms with Gasteiger partial charge >= 0.3 is 0 Å². The quantitative estimate of drug-likeness (QED) is 0.920. The van der Waals surface area contributed by atoms with Gasteiger partial charge in [-0.2, -0.15) is 0 Å². The van der Waals surface area contributed by atoms with Crippen molar-refractivity contribution in [2.24, 2.45) is 5.92 Å². The molecule has 3 atom stereocenters. The smallest absolute Gasteiger partial charge is 0.226 e. The first-order valence-corrected chi connectivity index (χ1v) is 8.27. The Morgan fingerprint density at radius 3 is 2.91 bits per heavy atom. The minimum Gasteiger partial charge on any atom is -0.374 e. The normalized spacial score (nSPS) is 25.7. The topological polar surface area (TPSA) is 56.2 Å². The van der Waals surface area contributed by atoms with Crippen molar-refractivity contribution in [2.75, 3.05) is 0 Å². The Bertz CT molecular complexity index is 683. The molecule has 1 aromatic carbocycles. The number of carbonyl (C=O) groups excluding carboxylic acids is 1. The Labute approximate surface area is 135 Å². The summed E-state index contributed by atoms with van der Waals surface area (Å²) in [6, 6.07) is 10.3. The number of imidazole rings is 1. The monoisotopic (exact) mass is 311 g/mol. The molecular weight excluding hydrogens is 290 g/mol. The predicted molar refractivity (Wildman–Crippen MR) is 85.6 cm³/mol. The largest absolute Gasteiger partial charge is 0.374 e.